The molecule has 1 aromatic carbocycles. The Labute approximate surface area is 99.4 Å². The van der Waals surface area contributed by atoms with Gasteiger partial charge >= 0.3 is 0 Å². The lowest BCUT2D eigenvalue weighted by Gasteiger charge is -2.05. The summed E-state index contributed by atoms with van der Waals surface area (Å²) in [6, 6.07) is 1.32. The van der Waals surface area contributed by atoms with Crippen molar-refractivity contribution in [3.63, 3.8) is 0 Å². The van der Waals surface area contributed by atoms with Gasteiger partial charge in [-0.3, -0.25) is 0 Å². The van der Waals surface area contributed by atoms with Crippen molar-refractivity contribution in [3.8, 4) is 5.75 Å². The second-order valence-corrected chi connectivity index (χ2v) is 5.19. The largest absolute Gasteiger partial charge is 0.484 e. The van der Waals surface area contributed by atoms with Gasteiger partial charge in [0.2, 0.25) is 0 Å². The molecule has 84 valence electrons. The van der Waals surface area contributed by atoms with Crippen LogP contribution in [0.2, 0.25) is 4.47 Å². The Bertz CT molecular complexity index is 571. The van der Waals surface area contributed by atoms with Crippen molar-refractivity contribution >= 4 is 33.2 Å². The summed E-state index contributed by atoms with van der Waals surface area (Å²) < 4.78 is 20.2. The number of fused-ring (bicyclic) bond motifs is 3. The predicted molar refractivity (Wildman–Crippen MR) is 59.8 cm³/mol. The molecule has 1 aromatic heterocycles. The van der Waals surface area contributed by atoms with Crippen molar-refractivity contribution in [2.45, 2.75) is 12.5 Å². The van der Waals surface area contributed by atoms with Crippen LogP contribution in [0.5, 0.6) is 5.75 Å². The molecule has 0 amide bonds. The quantitative estimate of drug-likeness (QED) is 0.855. The Hall–Kier alpha value is -0.910. The van der Waals surface area contributed by atoms with E-state index in [0.717, 1.165) is 10.3 Å². The Morgan fingerprint density at radius 3 is 3.25 bits per heavy atom. The number of nitrogens with zero attached hydrogens (tertiary/aromatic N) is 1. The molecule has 3 nitrogen and oxygen atoms in total. The third-order valence-electron chi connectivity index (χ3n) is 2.58. The maximum atomic E-state index is 13.7. The Morgan fingerprint density at radius 1 is 1.69 bits per heavy atom. The van der Waals surface area contributed by atoms with Crippen LogP contribution in [0.25, 0.3) is 10.2 Å². The summed E-state index contributed by atoms with van der Waals surface area (Å²) in [7, 11) is 0. The number of aliphatic hydroxyl groups excluding tert-OH is 1. The minimum Gasteiger partial charge on any atom is -0.484 e. The summed E-state index contributed by atoms with van der Waals surface area (Å²) in [6.45, 7) is -0.123. The first-order valence-electron chi connectivity index (χ1n) is 4.74. The number of aliphatic hydroxyl groups is 1. The van der Waals surface area contributed by atoms with E-state index in [1.807, 2.05) is 0 Å². The highest BCUT2D eigenvalue weighted by molar-refractivity contribution is 7.22. The van der Waals surface area contributed by atoms with Crippen LogP contribution in [0.15, 0.2) is 6.07 Å². The van der Waals surface area contributed by atoms with Crippen LogP contribution >= 0.6 is 22.9 Å². The van der Waals surface area contributed by atoms with Gasteiger partial charge in [-0.15, -0.1) is 11.3 Å². The Morgan fingerprint density at radius 2 is 2.50 bits per heavy atom. The highest BCUT2D eigenvalue weighted by Gasteiger charge is 2.28. The molecule has 0 radical (unpaired) electrons. The van der Waals surface area contributed by atoms with Crippen molar-refractivity contribution in [3.05, 3.63) is 21.9 Å². The molecule has 0 bridgehead atoms. The molecule has 0 aliphatic carbocycles. The van der Waals surface area contributed by atoms with Gasteiger partial charge in [-0.25, -0.2) is 9.37 Å². The lowest BCUT2D eigenvalue weighted by atomic mass is 10.1. The first-order chi connectivity index (χ1) is 7.69. The molecule has 2 heterocycles. The molecule has 0 spiro atoms. The number of rotatable bonds is 1. The number of ether oxygens (including phenoxy) is 1. The van der Waals surface area contributed by atoms with Crippen molar-refractivity contribution in [1.82, 2.24) is 4.98 Å². The highest BCUT2D eigenvalue weighted by atomic mass is 35.5. The highest BCUT2D eigenvalue weighted by Crippen LogP contribution is 2.40. The summed E-state index contributed by atoms with van der Waals surface area (Å²) in [4.78, 5) is 4.03. The fourth-order valence-corrected chi connectivity index (χ4v) is 3.05. The zero-order valence-corrected chi connectivity index (χ0v) is 9.61. The van der Waals surface area contributed by atoms with Crippen LogP contribution in [-0.2, 0) is 6.42 Å². The molecule has 1 N–H and O–H groups in total. The van der Waals surface area contributed by atoms with Gasteiger partial charge in [0.15, 0.2) is 16.0 Å². The molecule has 3 rings (SSSR count). The van der Waals surface area contributed by atoms with E-state index in [4.69, 9.17) is 21.4 Å². The molecule has 0 saturated heterocycles. The normalized spacial score (nSPS) is 18.8. The smallest absolute Gasteiger partial charge is 0.184 e. The first kappa shape index (κ1) is 10.3. The van der Waals surface area contributed by atoms with Gasteiger partial charge in [-0.05, 0) is 0 Å². The van der Waals surface area contributed by atoms with E-state index in [2.05, 4.69) is 4.98 Å². The van der Waals surface area contributed by atoms with Gasteiger partial charge in [0.1, 0.15) is 6.10 Å². The van der Waals surface area contributed by atoms with Crippen LogP contribution in [0.4, 0.5) is 4.39 Å². The average molecular weight is 260 g/mol. The molecule has 0 saturated carbocycles. The molecular weight excluding hydrogens is 253 g/mol. The third kappa shape index (κ3) is 1.39. The number of hydrogen-bond acceptors (Lipinski definition) is 4. The van der Waals surface area contributed by atoms with Gasteiger partial charge in [0, 0.05) is 18.1 Å². The van der Waals surface area contributed by atoms with Crippen LogP contribution in [0.1, 0.15) is 5.56 Å². The zero-order valence-electron chi connectivity index (χ0n) is 8.04. The molecule has 1 atom stereocenters. The summed E-state index contributed by atoms with van der Waals surface area (Å²) in [5.74, 6) is -0.215. The minimum atomic E-state index is -0.444. The molecular formula is C10H7ClFNO2S. The second-order valence-electron chi connectivity index (χ2n) is 3.61. The summed E-state index contributed by atoms with van der Waals surface area (Å²) in [5.41, 5.74) is 1.31. The number of hydrogen-bond donors (Lipinski definition) is 1. The Kier molecular flexibility index (Phi) is 2.27. The number of benzene rings is 1. The number of aromatic nitrogens is 1. The fraction of sp³-hybridized carbons (Fsp3) is 0.300. The van der Waals surface area contributed by atoms with E-state index < -0.39 is 5.82 Å². The first-order valence-corrected chi connectivity index (χ1v) is 5.93. The van der Waals surface area contributed by atoms with Crippen LogP contribution < -0.4 is 4.74 Å². The lowest BCUT2D eigenvalue weighted by molar-refractivity contribution is 0.131. The topological polar surface area (TPSA) is 42.4 Å². The molecule has 0 unspecified atom stereocenters. The van der Waals surface area contributed by atoms with E-state index >= 15 is 0 Å². The van der Waals surface area contributed by atoms with Crippen molar-refractivity contribution in [1.29, 1.82) is 0 Å². The minimum absolute atomic E-state index is 0.123. The number of halogens is 2. The van der Waals surface area contributed by atoms with E-state index in [1.54, 1.807) is 0 Å². The van der Waals surface area contributed by atoms with Crippen LogP contribution in [-0.4, -0.2) is 22.8 Å². The van der Waals surface area contributed by atoms with Gasteiger partial charge in [0.05, 0.1) is 16.8 Å². The average Bonchev–Trinajstić information content (AvgIpc) is 2.80. The van der Waals surface area contributed by atoms with Gasteiger partial charge in [0.25, 0.3) is 0 Å². The standard InChI is InChI=1S/C10H7ClFNO2S/c11-10-13-7-2-6(12)8-5(9(7)16-10)1-4(3-14)15-8/h2,4,14H,1,3H2/t4-/m0/s1. The maximum absolute atomic E-state index is 13.7. The third-order valence-corrected chi connectivity index (χ3v) is 3.81. The number of thiazole rings is 1. The summed E-state index contributed by atoms with van der Waals surface area (Å²) in [6.07, 6.45) is 0.134. The lowest BCUT2D eigenvalue weighted by Crippen LogP contribution is -2.17. The van der Waals surface area contributed by atoms with Gasteiger partial charge < -0.3 is 9.84 Å². The van der Waals surface area contributed by atoms with Crippen molar-refractivity contribution < 1.29 is 14.2 Å². The van der Waals surface area contributed by atoms with Crippen molar-refractivity contribution in [2.75, 3.05) is 6.61 Å². The van der Waals surface area contributed by atoms with E-state index in [0.29, 0.717) is 16.4 Å². The van der Waals surface area contributed by atoms with E-state index in [1.165, 1.54) is 17.4 Å². The predicted octanol–water partition coefficient (Wildman–Crippen LogP) is 2.38. The maximum Gasteiger partial charge on any atom is 0.184 e. The molecule has 2 aromatic rings. The summed E-state index contributed by atoms with van der Waals surface area (Å²) >= 11 is 7.11. The molecule has 1 aliphatic rings. The van der Waals surface area contributed by atoms with E-state index in [-0.39, 0.29) is 18.5 Å². The van der Waals surface area contributed by atoms with Crippen LogP contribution in [0.3, 0.4) is 0 Å². The summed E-state index contributed by atoms with van der Waals surface area (Å²) in [5, 5.41) is 9.02. The molecule has 0 fully saturated rings. The molecule has 6 heteroatoms. The monoisotopic (exact) mass is 259 g/mol. The van der Waals surface area contributed by atoms with Crippen LogP contribution in [0, 0.1) is 5.82 Å². The Balaban J connectivity index is 2.26. The zero-order chi connectivity index (χ0) is 11.3. The molecule has 16 heavy (non-hydrogen) atoms. The SMILES string of the molecule is OC[C@@H]1Cc2c(c(F)cc3nc(Cl)sc23)O1. The van der Waals surface area contributed by atoms with E-state index in [9.17, 15) is 4.39 Å². The fourth-order valence-electron chi connectivity index (χ4n) is 1.90. The van der Waals surface area contributed by atoms with Gasteiger partial charge in [-0.1, -0.05) is 11.6 Å². The molecule has 1 aliphatic heterocycles. The second kappa shape index (κ2) is 3.55. The van der Waals surface area contributed by atoms with Crippen molar-refractivity contribution in [2.24, 2.45) is 0 Å². The van der Waals surface area contributed by atoms with Gasteiger partial charge in [-0.2, -0.15) is 0 Å².